The lowest BCUT2D eigenvalue weighted by atomic mass is 10.1. The van der Waals surface area contributed by atoms with Gasteiger partial charge in [0.1, 0.15) is 0 Å². The molecule has 0 rings (SSSR count). The van der Waals surface area contributed by atoms with Gasteiger partial charge in [-0.3, -0.25) is 4.79 Å². The average molecular weight is 220 g/mol. The van der Waals surface area contributed by atoms with Crippen LogP contribution >= 0.6 is 0 Å². The molecule has 0 bridgehead atoms. The summed E-state index contributed by atoms with van der Waals surface area (Å²) in [7, 11) is 0. The molecule has 0 saturated heterocycles. The Labute approximate surface area is 87.5 Å². The fourth-order valence-electron chi connectivity index (χ4n) is 0.794. The molecule has 0 fully saturated rings. The highest BCUT2D eigenvalue weighted by atomic mass is 16.6. The van der Waals surface area contributed by atoms with Crippen LogP contribution in [-0.2, 0) is 14.3 Å². The van der Waals surface area contributed by atoms with Gasteiger partial charge < -0.3 is 20.1 Å². The van der Waals surface area contributed by atoms with Crippen LogP contribution in [0.15, 0.2) is 0 Å². The van der Waals surface area contributed by atoms with E-state index in [1.54, 1.807) is 6.92 Å². The molecule has 15 heavy (non-hydrogen) atoms. The standard InChI is InChI=1S/C9H16O6/c1-2-6(11)3-4-8(13)15-9(14)7(12)5-10/h6-7,10-12H,2-5H2,1H3. The first-order chi connectivity index (χ1) is 7.01. The second kappa shape index (κ2) is 7.33. The van der Waals surface area contributed by atoms with Crippen LogP contribution in [0.5, 0.6) is 0 Å². The molecule has 2 atom stereocenters. The van der Waals surface area contributed by atoms with Crippen molar-refractivity contribution in [3.8, 4) is 0 Å². The highest BCUT2D eigenvalue weighted by Crippen LogP contribution is 2.02. The molecule has 3 N–H and O–H groups in total. The molecular formula is C9H16O6. The molecule has 0 spiro atoms. The number of esters is 2. The molecule has 0 aromatic heterocycles. The van der Waals surface area contributed by atoms with Gasteiger partial charge >= 0.3 is 11.9 Å². The third kappa shape index (κ3) is 6.16. The van der Waals surface area contributed by atoms with Crippen molar-refractivity contribution < 1.29 is 29.6 Å². The first-order valence-electron chi connectivity index (χ1n) is 4.72. The van der Waals surface area contributed by atoms with E-state index in [2.05, 4.69) is 4.74 Å². The van der Waals surface area contributed by atoms with Gasteiger partial charge in [0, 0.05) is 6.42 Å². The zero-order valence-electron chi connectivity index (χ0n) is 8.55. The number of carbonyl (C=O) groups excluding carboxylic acids is 2. The fourth-order valence-corrected chi connectivity index (χ4v) is 0.794. The van der Waals surface area contributed by atoms with Crippen LogP contribution < -0.4 is 0 Å². The van der Waals surface area contributed by atoms with E-state index in [0.29, 0.717) is 6.42 Å². The maximum Gasteiger partial charge on any atom is 0.345 e. The molecule has 0 heterocycles. The van der Waals surface area contributed by atoms with Crippen LogP contribution in [0, 0.1) is 0 Å². The largest absolute Gasteiger partial charge is 0.393 e. The summed E-state index contributed by atoms with van der Waals surface area (Å²) in [5.74, 6) is -1.99. The van der Waals surface area contributed by atoms with Gasteiger partial charge in [0.25, 0.3) is 0 Å². The zero-order chi connectivity index (χ0) is 11.8. The van der Waals surface area contributed by atoms with Crippen molar-refractivity contribution >= 4 is 11.9 Å². The van der Waals surface area contributed by atoms with Gasteiger partial charge in [0.15, 0.2) is 6.10 Å². The first kappa shape index (κ1) is 14.0. The summed E-state index contributed by atoms with van der Waals surface area (Å²) in [6, 6.07) is 0. The maximum atomic E-state index is 10.9. The van der Waals surface area contributed by atoms with Gasteiger partial charge in [-0.15, -0.1) is 0 Å². The summed E-state index contributed by atoms with van der Waals surface area (Å²) in [4.78, 5) is 21.7. The Hall–Kier alpha value is -0.980. The van der Waals surface area contributed by atoms with Crippen molar-refractivity contribution in [1.82, 2.24) is 0 Å². The highest BCUT2D eigenvalue weighted by molar-refractivity contribution is 5.87. The molecule has 88 valence electrons. The molecule has 0 saturated carbocycles. The average Bonchev–Trinajstić information content (AvgIpc) is 2.24. The molecule has 0 aromatic rings. The maximum absolute atomic E-state index is 10.9. The van der Waals surface area contributed by atoms with Crippen molar-refractivity contribution in [2.45, 2.75) is 38.4 Å². The third-order valence-electron chi connectivity index (χ3n) is 1.81. The summed E-state index contributed by atoms with van der Waals surface area (Å²) in [5, 5.41) is 26.3. The minimum Gasteiger partial charge on any atom is -0.393 e. The van der Waals surface area contributed by atoms with Gasteiger partial charge in [-0.1, -0.05) is 6.92 Å². The predicted molar refractivity (Wildman–Crippen MR) is 49.7 cm³/mol. The minimum absolute atomic E-state index is 0.0983. The first-order valence-corrected chi connectivity index (χ1v) is 4.72. The van der Waals surface area contributed by atoms with Crippen LogP contribution in [0.25, 0.3) is 0 Å². The predicted octanol–water partition coefficient (Wildman–Crippen LogP) is -1.04. The minimum atomic E-state index is -1.69. The second-order valence-electron chi connectivity index (χ2n) is 3.09. The number of hydrogen-bond acceptors (Lipinski definition) is 6. The molecule has 2 unspecified atom stereocenters. The number of rotatable bonds is 6. The normalized spacial score (nSPS) is 14.4. The monoisotopic (exact) mass is 220 g/mol. The molecular weight excluding hydrogens is 204 g/mol. The van der Waals surface area contributed by atoms with Gasteiger partial charge in [-0.05, 0) is 12.8 Å². The summed E-state index contributed by atoms with van der Waals surface area (Å²) in [6.45, 7) is 0.973. The van der Waals surface area contributed by atoms with Crippen LogP contribution in [0.1, 0.15) is 26.2 Å². The van der Waals surface area contributed by atoms with E-state index in [1.165, 1.54) is 0 Å². The van der Waals surface area contributed by atoms with Crippen molar-refractivity contribution in [3.63, 3.8) is 0 Å². The van der Waals surface area contributed by atoms with E-state index in [-0.39, 0.29) is 12.8 Å². The van der Waals surface area contributed by atoms with E-state index >= 15 is 0 Å². The van der Waals surface area contributed by atoms with Crippen LogP contribution in [-0.4, -0.2) is 46.1 Å². The lowest BCUT2D eigenvalue weighted by molar-refractivity contribution is -0.167. The zero-order valence-corrected chi connectivity index (χ0v) is 8.55. The Morgan fingerprint density at radius 3 is 2.40 bits per heavy atom. The lowest BCUT2D eigenvalue weighted by Crippen LogP contribution is -2.29. The molecule has 6 heteroatoms. The Morgan fingerprint density at radius 1 is 1.33 bits per heavy atom. The van der Waals surface area contributed by atoms with E-state index < -0.39 is 30.8 Å². The topological polar surface area (TPSA) is 104 Å². The van der Waals surface area contributed by atoms with E-state index in [9.17, 15) is 9.59 Å². The van der Waals surface area contributed by atoms with E-state index in [1.807, 2.05) is 0 Å². The summed E-state index contributed by atoms with van der Waals surface area (Å²) < 4.78 is 4.20. The van der Waals surface area contributed by atoms with Gasteiger partial charge in [-0.25, -0.2) is 4.79 Å². The quantitative estimate of drug-likeness (QED) is 0.390. The Morgan fingerprint density at radius 2 is 1.93 bits per heavy atom. The van der Waals surface area contributed by atoms with Crippen LogP contribution in [0.2, 0.25) is 0 Å². The van der Waals surface area contributed by atoms with E-state index in [4.69, 9.17) is 15.3 Å². The Kier molecular flexibility index (Phi) is 6.85. The molecule has 0 aromatic carbocycles. The second-order valence-corrected chi connectivity index (χ2v) is 3.09. The van der Waals surface area contributed by atoms with Gasteiger partial charge in [0.05, 0.1) is 12.7 Å². The Balaban J connectivity index is 3.79. The smallest absolute Gasteiger partial charge is 0.345 e. The van der Waals surface area contributed by atoms with Crippen molar-refractivity contribution in [2.24, 2.45) is 0 Å². The molecule has 0 amide bonds. The van der Waals surface area contributed by atoms with Crippen molar-refractivity contribution in [1.29, 1.82) is 0 Å². The molecule has 0 aliphatic heterocycles. The number of aliphatic hydroxyl groups excluding tert-OH is 3. The van der Waals surface area contributed by atoms with Crippen molar-refractivity contribution in [2.75, 3.05) is 6.61 Å². The SMILES string of the molecule is CCC(O)CCC(=O)OC(=O)C(O)CO. The number of ether oxygens (including phenoxy) is 1. The number of carbonyl (C=O) groups is 2. The summed E-state index contributed by atoms with van der Waals surface area (Å²) in [5.41, 5.74) is 0. The summed E-state index contributed by atoms with van der Waals surface area (Å²) in [6.07, 6.45) is -1.67. The summed E-state index contributed by atoms with van der Waals surface area (Å²) >= 11 is 0. The fraction of sp³-hybridized carbons (Fsp3) is 0.778. The van der Waals surface area contributed by atoms with Crippen molar-refractivity contribution in [3.05, 3.63) is 0 Å². The molecule has 0 aliphatic rings. The van der Waals surface area contributed by atoms with Gasteiger partial charge in [0.2, 0.25) is 0 Å². The van der Waals surface area contributed by atoms with Crippen LogP contribution in [0.3, 0.4) is 0 Å². The van der Waals surface area contributed by atoms with Crippen LogP contribution in [0.4, 0.5) is 0 Å². The molecule has 0 radical (unpaired) electrons. The lowest BCUT2D eigenvalue weighted by Gasteiger charge is -2.08. The molecule has 6 nitrogen and oxygen atoms in total. The Bertz CT molecular complexity index is 215. The third-order valence-corrected chi connectivity index (χ3v) is 1.81. The van der Waals surface area contributed by atoms with Gasteiger partial charge in [-0.2, -0.15) is 0 Å². The van der Waals surface area contributed by atoms with E-state index in [0.717, 1.165) is 0 Å². The number of aliphatic hydroxyl groups is 3. The number of hydrogen-bond donors (Lipinski definition) is 3. The molecule has 0 aliphatic carbocycles. The highest BCUT2D eigenvalue weighted by Gasteiger charge is 2.19.